The Balaban J connectivity index is 1.53. The number of benzene rings is 2. The summed E-state index contributed by atoms with van der Waals surface area (Å²) < 4.78 is 0. The monoisotopic (exact) mass is 393 g/mol. The van der Waals surface area contributed by atoms with Crippen molar-refractivity contribution in [3.05, 3.63) is 65.2 Å². The second kappa shape index (κ2) is 8.90. The second-order valence-electron chi connectivity index (χ2n) is 7.55. The van der Waals surface area contributed by atoms with Crippen LogP contribution in [0.1, 0.15) is 36.1 Å². The lowest BCUT2D eigenvalue weighted by molar-refractivity contribution is -0.130. The number of likely N-dealkylation sites (tertiary alicyclic amines) is 1. The number of aryl methyl sites for hydroxylation is 1. The van der Waals surface area contributed by atoms with E-state index in [2.05, 4.69) is 10.6 Å². The topological polar surface area (TPSA) is 78.5 Å². The van der Waals surface area contributed by atoms with Crippen LogP contribution in [-0.2, 0) is 14.4 Å². The number of nitrogens with one attached hydrogen (secondary N) is 2. The third kappa shape index (κ3) is 4.83. The van der Waals surface area contributed by atoms with Gasteiger partial charge < -0.3 is 15.5 Å². The Hall–Kier alpha value is -3.15. The molecule has 1 aliphatic heterocycles. The standard InChI is InChI=1S/C23H27N3O3/c1-15-8-7-11-20(16(15)2)25-21(27)13-24-23(29)19-12-22(28)26(14-19)17(3)18-9-5-4-6-10-18/h4-11,17,19H,12-14H2,1-3H3,(H,24,29)(H,25,27)/t17-,19+/m0/s1. The van der Waals surface area contributed by atoms with E-state index in [-0.39, 0.29) is 36.7 Å². The average Bonchev–Trinajstić information content (AvgIpc) is 3.11. The van der Waals surface area contributed by atoms with Crippen LogP contribution in [0, 0.1) is 19.8 Å². The number of rotatable bonds is 6. The van der Waals surface area contributed by atoms with Crippen molar-refractivity contribution in [2.75, 3.05) is 18.4 Å². The molecule has 152 valence electrons. The first kappa shape index (κ1) is 20.6. The van der Waals surface area contributed by atoms with E-state index >= 15 is 0 Å². The molecule has 0 saturated carbocycles. The molecule has 2 aromatic carbocycles. The van der Waals surface area contributed by atoms with Gasteiger partial charge in [-0.15, -0.1) is 0 Å². The predicted molar refractivity (Wildman–Crippen MR) is 112 cm³/mol. The fourth-order valence-corrected chi connectivity index (χ4v) is 3.59. The highest BCUT2D eigenvalue weighted by atomic mass is 16.2. The molecule has 2 aromatic rings. The Morgan fingerprint density at radius 1 is 1.10 bits per heavy atom. The smallest absolute Gasteiger partial charge is 0.243 e. The van der Waals surface area contributed by atoms with Crippen molar-refractivity contribution in [2.24, 2.45) is 5.92 Å². The Morgan fingerprint density at radius 2 is 1.83 bits per heavy atom. The van der Waals surface area contributed by atoms with Gasteiger partial charge in [0.1, 0.15) is 0 Å². The highest BCUT2D eigenvalue weighted by Gasteiger charge is 2.37. The number of carbonyl (C=O) groups excluding carboxylic acids is 3. The van der Waals surface area contributed by atoms with Gasteiger partial charge in [-0.3, -0.25) is 14.4 Å². The molecular formula is C23H27N3O3. The number of hydrogen-bond donors (Lipinski definition) is 2. The lowest BCUT2D eigenvalue weighted by Gasteiger charge is -2.25. The van der Waals surface area contributed by atoms with Crippen LogP contribution in [0.2, 0.25) is 0 Å². The zero-order valence-corrected chi connectivity index (χ0v) is 17.1. The Bertz CT molecular complexity index is 911. The van der Waals surface area contributed by atoms with Gasteiger partial charge in [-0.25, -0.2) is 0 Å². The quantitative estimate of drug-likeness (QED) is 0.792. The molecule has 0 spiro atoms. The van der Waals surface area contributed by atoms with Crippen LogP contribution in [-0.4, -0.2) is 35.7 Å². The Kier molecular flexibility index (Phi) is 6.32. The molecule has 0 aliphatic carbocycles. The summed E-state index contributed by atoms with van der Waals surface area (Å²) in [5.74, 6) is -1.04. The van der Waals surface area contributed by atoms with Gasteiger partial charge in [-0.1, -0.05) is 42.5 Å². The summed E-state index contributed by atoms with van der Waals surface area (Å²) in [7, 11) is 0. The summed E-state index contributed by atoms with van der Waals surface area (Å²) in [4.78, 5) is 38.9. The van der Waals surface area contributed by atoms with E-state index in [9.17, 15) is 14.4 Å². The lowest BCUT2D eigenvalue weighted by Crippen LogP contribution is -2.38. The van der Waals surface area contributed by atoms with Crippen molar-refractivity contribution in [1.82, 2.24) is 10.2 Å². The molecule has 3 amide bonds. The largest absolute Gasteiger partial charge is 0.347 e. The van der Waals surface area contributed by atoms with Crippen LogP contribution >= 0.6 is 0 Å². The molecule has 1 saturated heterocycles. The van der Waals surface area contributed by atoms with Gasteiger partial charge in [-0.05, 0) is 43.5 Å². The van der Waals surface area contributed by atoms with E-state index in [4.69, 9.17) is 0 Å². The van der Waals surface area contributed by atoms with Gasteiger partial charge in [0.15, 0.2) is 0 Å². The van der Waals surface area contributed by atoms with Crippen molar-refractivity contribution >= 4 is 23.4 Å². The van der Waals surface area contributed by atoms with E-state index in [1.54, 1.807) is 4.90 Å². The van der Waals surface area contributed by atoms with Crippen molar-refractivity contribution in [3.8, 4) is 0 Å². The summed E-state index contributed by atoms with van der Waals surface area (Å²) in [6.45, 7) is 6.12. The maximum absolute atomic E-state index is 12.5. The van der Waals surface area contributed by atoms with E-state index in [1.165, 1.54) is 0 Å². The summed E-state index contributed by atoms with van der Waals surface area (Å²) in [6.07, 6.45) is 0.168. The normalized spacial score (nSPS) is 17.1. The van der Waals surface area contributed by atoms with Crippen LogP contribution in [0.25, 0.3) is 0 Å². The van der Waals surface area contributed by atoms with E-state index in [0.717, 1.165) is 22.4 Å². The molecule has 29 heavy (non-hydrogen) atoms. The van der Waals surface area contributed by atoms with E-state index in [0.29, 0.717) is 6.54 Å². The molecule has 3 rings (SSSR count). The number of carbonyl (C=O) groups is 3. The first-order valence-electron chi connectivity index (χ1n) is 9.85. The minimum absolute atomic E-state index is 0.0404. The number of nitrogens with zero attached hydrogens (tertiary/aromatic N) is 1. The fourth-order valence-electron chi connectivity index (χ4n) is 3.59. The maximum atomic E-state index is 12.5. The molecule has 0 bridgehead atoms. The van der Waals surface area contributed by atoms with Crippen molar-refractivity contribution in [3.63, 3.8) is 0 Å². The Morgan fingerprint density at radius 3 is 2.55 bits per heavy atom. The molecule has 6 nitrogen and oxygen atoms in total. The number of amides is 3. The molecule has 0 radical (unpaired) electrons. The molecular weight excluding hydrogens is 366 g/mol. The van der Waals surface area contributed by atoms with Crippen LogP contribution in [0.3, 0.4) is 0 Å². The number of anilines is 1. The van der Waals surface area contributed by atoms with Crippen molar-refractivity contribution < 1.29 is 14.4 Å². The van der Waals surface area contributed by atoms with E-state index < -0.39 is 5.92 Å². The van der Waals surface area contributed by atoms with Gasteiger partial charge in [-0.2, -0.15) is 0 Å². The van der Waals surface area contributed by atoms with Gasteiger partial charge in [0.05, 0.1) is 18.5 Å². The zero-order valence-electron chi connectivity index (χ0n) is 17.1. The van der Waals surface area contributed by atoms with Gasteiger partial charge in [0, 0.05) is 18.7 Å². The Labute approximate surface area is 171 Å². The third-order valence-electron chi connectivity index (χ3n) is 5.58. The molecule has 0 unspecified atom stereocenters. The minimum Gasteiger partial charge on any atom is -0.347 e. The highest BCUT2D eigenvalue weighted by molar-refractivity contribution is 5.96. The summed E-state index contributed by atoms with van der Waals surface area (Å²) in [6, 6.07) is 15.4. The van der Waals surface area contributed by atoms with Gasteiger partial charge in [0.25, 0.3) is 0 Å². The molecule has 2 N–H and O–H groups in total. The fraction of sp³-hybridized carbons (Fsp3) is 0.348. The van der Waals surface area contributed by atoms with Crippen LogP contribution < -0.4 is 10.6 Å². The van der Waals surface area contributed by atoms with Crippen LogP contribution in [0.5, 0.6) is 0 Å². The van der Waals surface area contributed by atoms with Crippen LogP contribution in [0.15, 0.2) is 48.5 Å². The number of hydrogen-bond acceptors (Lipinski definition) is 3. The highest BCUT2D eigenvalue weighted by Crippen LogP contribution is 2.28. The molecule has 6 heteroatoms. The molecule has 0 aromatic heterocycles. The maximum Gasteiger partial charge on any atom is 0.243 e. The molecule has 1 heterocycles. The van der Waals surface area contributed by atoms with Gasteiger partial charge in [0.2, 0.25) is 17.7 Å². The van der Waals surface area contributed by atoms with Crippen molar-refractivity contribution in [1.29, 1.82) is 0 Å². The summed E-state index contributed by atoms with van der Waals surface area (Å²) >= 11 is 0. The summed E-state index contributed by atoms with van der Waals surface area (Å²) in [5.41, 5.74) is 3.86. The molecule has 1 fully saturated rings. The zero-order chi connectivity index (χ0) is 21.0. The first-order chi connectivity index (χ1) is 13.9. The van der Waals surface area contributed by atoms with Crippen LogP contribution in [0.4, 0.5) is 5.69 Å². The molecule has 2 atom stereocenters. The first-order valence-corrected chi connectivity index (χ1v) is 9.85. The summed E-state index contributed by atoms with van der Waals surface area (Å²) in [5, 5.41) is 5.49. The third-order valence-corrected chi connectivity index (χ3v) is 5.58. The van der Waals surface area contributed by atoms with E-state index in [1.807, 2.05) is 69.3 Å². The SMILES string of the molecule is Cc1cccc(NC(=O)CNC(=O)[C@@H]2CC(=O)N([C@@H](C)c3ccccc3)C2)c1C. The second-order valence-corrected chi connectivity index (χ2v) is 7.55. The minimum atomic E-state index is -0.442. The van der Waals surface area contributed by atoms with Gasteiger partial charge >= 0.3 is 0 Å². The predicted octanol–water partition coefficient (Wildman–Crippen LogP) is 2.97. The van der Waals surface area contributed by atoms with Crippen molar-refractivity contribution in [2.45, 2.75) is 33.2 Å². The lowest BCUT2D eigenvalue weighted by atomic mass is 10.1. The average molecular weight is 393 g/mol. The molecule has 1 aliphatic rings.